The normalized spacial score (nSPS) is 21.0. The molecule has 2 atom stereocenters. The Morgan fingerprint density at radius 3 is 2.71 bits per heavy atom. The smallest absolute Gasteiger partial charge is 0.277 e. The molecule has 0 aliphatic carbocycles. The second-order valence-electron chi connectivity index (χ2n) is 5.70. The van der Waals surface area contributed by atoms with E-state index in [1.165, 1.54) is 11.8 Å². The number of carbonyl (C=O) groups excluding carboxylic acids is 1. The topological polar surface area (TPSA) is 68.5 Å². The number of ether oxygens (including phenoxy) is 1. The zero-order valence-electron chi connectivity index (χ0n) is 13.4. The zero-order valence-corrected chi connectivity index (χ0v) is 15.0. The minimum absolute atomic E-state index is 0.0412. The molecule has 128 valence electrons. The number of aromatic nitrogens is 2. The van der Waals surface area contributed by atoms with Crippen molar-refractivity contribution in [1.82, 2.24) is 15.1 Å². The third kappa shape index (κ3) is 4.09. The molecule has 2 aromatic rings. The number of nitrogens with zero attached hydrogens (tertiary/aromatic N) is 3. The van der Waals surface area contributed by atoms with Gasteiger partial charge in [0.2, 0.25) is 11.8 Å². The third-order valence-corrected chi connectivity index (χ3v) is 4.73. The Kier molecular flexibility index (Phi) is 5.43. The maximum absolute atomic E-state index is 12.3. The van der Waals surface area contributed by atoms with Gasteiger partial charge in [-0.1, -0.05) is 35.5 Å². The van der Waals surface area contributed by atoms with Crippen molar-refractivity contribution in [2.45, 2.75) is 31.3 Å². The predicted octanol–water partition coefficient (Wildman–Crippen LogP) is 3.12. The van der Waals surface area contributed by atoms with E-state index in [9.17, 15) is 4.79 Å². The van der Waals surface area contributed by atoms with Gasteiger partial charge in [-0.3, -0.25) is 4.79 Å². The van der Waals surface area contributed by atoms with E-state index in [4.69, 9.17) is 20.8 Å². The molecule has 1 amide bonds. The van der Waals surface area contributed by atoms with Crippen LogP contribution in [0.15, 0.2) is 33.9 Å². The van der Waals surface area contributed by atoms with E-state index >= 15 is 0 Å². The number of hydrogen-bond acceptors (Lipinski definition) is 6. The standard InChI is InChI=1S/C16H18ClN3O3S/c1-10-7-20(8-11(2)22-10)14(21)9-24-16-19-18-15(23-16)12-5-3-4-6-13(12)17/h3-6,10-11H,7-9H2,1-2H3. The van der Waals surface area contributed by atoms with Gasteiger partial charge in [0.1, 0.15) is 0 Å². The van der Waals surface area contributed by atoms with E-state index in [2.05, 4.69) is 10.2 Å². The number of morpholine rings is 1. The number of amides is 1. The summed E-state index contributed by atoms with van der Waals surface area (Å²) in [5.41, 5.74) is 0.681. The number of thioether (sulfide) groups is 1. The van der Waals surface area contributed by atoms with Gasteiger partial charge >= 0.3 is 0 Å². The summed E-state index contributed by atoms with van der Waals surface area (Å²) in [6, 6.07) is 7.26. The molecule has 0 radical (unpaired) electrons. The van der Waals surface area contributed by atoms with Crippen molar-refractivity contribution >= 4 is 29.3 Å². The Morgan fingerprint density at radius 1 is 1.29 bits per heavy atom. The zero-order chi connectivity index (χ0) is 17.1. The highest BCUT2D eigenvalue weighted by molar-refractivity contribution is 7.99. The maximum Gasteiger partial charge on any atom is 0.277 e. The van der Waals surface area contributed by atoms with Gasteiger partial charge in [0.05, 0.1) is 28.5 Å². The summed E-state index contributed by atoms with van der Waals surface area (Å²) in [7, 11) is 0. The molecule has 0 N–H and O–H groups in total. The molecule has 1 fully saturated rings. The van der Waals surface area contributed by atoms with E-state index in [1.54, 1.807) is 6.07 Å². The molecule has 1 aromatic carbocycles. The fourth-order valence-electron chi connectivity index (χ4n) is 2.61. The first-order valence-corrected chi connectivity index (χ1v) is 9.03. The Morgan fingerprint density at radius 2 is 2.00 bits per heavy atom. The lowest BCUT2D eigenvalue weighted by atomic mass is 10.2. The number of benzene rings is 1. The van der Waals surface area contributed by atoms with Crippen molar-refractivity contribution in [2.24, 2.45) is 0 Å². The van der Waals surface area contributed by atoms with Crippen LogP contribution in [0.2, 0.25) is 5.02 Å². The van der Waals surface area contributed by atoms with Crippen LogP contribution in [-0.4, -0.2) is 52.1 Å². The summed E-state index contributed by atoms with van der Waals surface area (Å²) >= 11 is 7.35. The largest absolute Gasteiger partial charge is 0.411 e. The molecular formula is C16H18ClN3O3S. The average Bonchev–Trinajstić information content (AvgIpc) is 3.01. The summed E-state index contributed by atoms with van der Waals surface area (Å²) in [4.78, 5) is 14.1. The quantitative estimate of drug-likeness (QED) is 0.773. The Labute approximate surface area is 149 Å². The van der Waals surface area contributed by atoms with E-state index < -0.39 is 0 Å². The second kappa shape index (κ2) is 7.55. The molecular weight excluding hydrogens is 350 g/mol. The van der Waals surface area contributed by atoms with Crippen LogP contribution < -0.4 is 0 Å². The van der Waals surface area contributed by atoms with E-state index in [0.29, 0.717) is 34.8 Å². The van der Waals surface area contributed by atoms with Gasteiger partial charge in [-0.15, -0.1) is 10.2 Å². The predicted molar refractivity (Wildman–Crippen MR) is 92.1 cm³/mol. The Hall–Kier alpha value is -1.57. The number of rotatable bonds is 4. The van der Waals surface area contributed by atoms with Gasteiger partial charge in [0.25, 0.3) is 5.22 Å². The molecule has 0 spiro atoms. The minimum atomic E-state index is 0.0412. The number of halogens is 1. The highest BCUT2D eigenvalue weighted by atomic mass is 35.5. The van der Waals surface area contributed by atoms with Gasteiger partial charge in [0, 0.05) is 13.1 Å². The van der Waals surface area contributed by atoms with Gasteiger partial charge < -0.3 is 14.1 Å². The molecule has 0 bridgehead atoms. The van der Waals surface area contributed by atoms with Gasteiger partial charge in [-0.05, 0) is 26.0 Å². The molecule has 1 aliphatic rings. The molecule has 6 nitrogen and oxygen atoms in total. The SMILES string of the molecule is CC1CN(C(=O)CSc2nnc(-c3ccccc3Cl)o2)CC(C)O1. The summed E-state index contributed by atoms with van der Waals surface area (Å²) < 4.78 is 11.2. The van der Waals surface area contributed by atoms with Crippen LogP contribution in [0.4, 0.5) is 0 Å². The molecule has 1 saturated heterocycles. The van der Waals surface area contributed by atoms with E-state index in [1.807, 2.05) is 36.9 Å². The van der Waals surface area contributed by atoms with Crippen molar-refractivity contribution < 1.29 is 13.9 Å². The maximum atomic E-state index is 12.3. The molecule has 2 unspecified atom stereocenters. The summed E-state index contributed by atoms with van der Waals surface area (Å²) in [6.45, 7) is 5.16. The van der Waals surface area contributed by atoms with Crippen LogP contribution in [0.1, 0.15) is 13.8 Å². The fourth-order valence-corrected chi connectivity index (χ4v) is 3.49. The van der Waals surface area contributed by atoms with Gasteiger partial charge in [-0.25, -0.2) is 0 Å². The summed E-state index contributed by atoms with van der Waals surface area (Å²) in [6.07, 6.45) is 0.107. The van der Waals surface area contributed by atoms with Crippen LogP contribution in [0.5, 0.6) is 0 Å². The number of carbonyl (C=O) groups is 1. The van der Waals surface area contributed by atoms with Crippen LogP contribution in [0, 0.1) is 0 Å². The van der Waals surface area contributed by atoms with Gasteiger partial charge in [0.15, 0.2) is 0 Å². The lowest BCUT2D eigenvalue weighted by Crippen LogP contribution is -2.48. The second-order valence-corrected chi connectivity index (χ2v) is 7.03. The highest BCUT2D eigenvalue weighted by Crippen LogP contribution is 2.28. The van der Waals surface area contributed by atoms with Crippen LogP contribution >= 0.6 is 23.4 Å². The van der Waals surface area contributed by atoms with Crippen molar-refractivity contribution in [3.05, 3.63) is 29.3 Å². The monoisotopic (exact) mass is 367 g/mol. The summed E-state index contributed by atoms with van der Waals surface area (Å²) in [5, 5.41) is 8.87. The molecule has 2 heterocycles. The lowest BCUT2D eigenvalue weighted by Gasteiger charge is -2.35. The van der Waals surface area contributed by atoms with Crippen molar-refractivity contribution in [1.29, 1.82) is 0 Å². The first-order valence-electron chi connectivity index (χ1n) is 7.67. The first-order chi connectivity index (χ1) is 11.5. The number of hydrogen-bond donors (Lipinski definition) is 0. The highest BCUT2D eigenvalue weighted by Gasteiger charge is 2.26. The van der Waals surface area contributed by atoms with Crippen LogP contribution in [0.25, 0.3) is 11.5 Å². The fraction of sp³-hybridized carbons (Fsp3) is 0.438. The van der Waals surface area contributed by atoms with E-state index in [-0.39, 0.29) is 23.9 Å². The molecule has 0 saturated carbocycles. The summed E-state index contributed by atoms with van der Waals surface area (Å²) in [5.74, 6) is 0.646. The lowest BCUT2D eigenvalue weighted by molar-refractivity contribution is -0.140. The Balaban J connectivity index is 1.59. The average molecular weight is 368 g/mol. The molecule has 3 rings (SSSR count). The van der Waals surface area contributed by atoms with E-state index in [0.717, 1.165) is 0 Å². The van der Waals surface area contributed by atoms with Crippen molar-refractivity contribution in [3.63, 3.8) is 0 Å². The van der Waals surface area contributed by atoms with Crippen LogP contribution in [0.3, 0.4) is 0 Å². The van der Waals surface area contributed by atoms with Gasteiger partial charge in [-0.2, -0.15) is 0 Å². The molecule has 1 aliphatic heterocycles. The van der Waals surface area contributed by atoms with Crippen molar-refractivity contribution in [2.75, 3.05) is 18.8 Å². The van der Waals surface area contributed by atoms with Crippen molar-refractivity contribution in [3.8, 4) is 11.5 Å². The third-order valence-electron chi connectivity index (χ3n) is 3.60. The first kappa shape index (κ1) is 17.3. The molecule has 8 heteroatoms. The van der Waals surface area contributed by atoms with Crippen LogP contribution in [-0.2, 0) is 9.53 Å². The molecule has 24 heavy (non-hydrogen) atoms. The Bertz CT molecular complexity index is 714. The molecule has 1 aromatic heterocycles. The minimum Gasteiger partial charge on any atom is -0.411 e.